The van der Waals surface area contributed by atoms with Crippen molar-refractivity contribution >= 4 is 0 Å². The largest absolute Gasteiger partial charge is 0.493 e. The summed E-state index contributed by atoms with van der Waals surface area (Å²) in [5.74, 6) is 1.00. The third-order valence-corrected chi connectivity index (χ3v) is 5.78. The van der Waals surface area contributed by atoms with E-state index in [0.29, 0.717) is 41.3 Å². The van der Waals surface area contributed by atoms with Crippen molar-refractivity contribution in [3.8, 4) is 23.3 Å². The Hall–Kier alpha value is -4.25. The first-order valence-corrected chi connectivity index (χ1v) is 10.4. The number of benzene rings is 1. The Bertz CT molecular complexity index is 1320. The number of pyridine rings is 2. The van der Waals surface area contributed by atoms with Gasteiger partial charge in [-0.25, -0.2) is 0 Å². The molecule has 1 aliphatic rings. The van der Waals surface area contributed by atoms with Crippen molar-refractivity contribution in [1.82, 2.24) is 9.55 Å². The van der Waals surface area contributed by atoms with E-state index in [0.717, 1.165) is 11.3 Å². The fraction of sp³-hybridized carbons (Fsp3) is 0.240. The van der Waals surface area contributed by atoms with Crippen LogP contribution < -0.4 is 25.5 Å². The summed E-state index contributed by atoms with van der Waals surface area (Å²) in [6.07, 6.45) is 3.87. The van der Waals surface area contributed by atoms with Crippen LogP contribution in [0.5, 0.6) is 17.2 Å². The lowest BCUT2D eigenvalue weighted by molar-refractivity contribution is 0.354. The van der Waals surface area contributed by atoms with Gasteiger partial charge in [0.15, 0.2) is 11.5 Å². The fourth-order valence-corrected chi connectivity index (χ4v) is 4.12. The lowest BCUT2D eigenvalue weighted by atomic mass is 9.85. The van der Waals surface area contributed by atoms with Gasteiger partial charge >= 0.3 is 0 Å². The molecular weight excluding hydrogens is 420 g/mol. The van der Waals surface area contributed by atoms with Gasteiger partial charge in [0.05, 0.1) is 25.7 Å². The number of fused-ring (bicyclic) bond motifs is 1. The molecule has 1 aromatic carbocycles. The Morgan fingerprint density at radius 1 is 1.21 bits per heavy atom. The van der Waals surface area contributed by atoms with Crippen LogP contribution in [0.1, 0.15) is 28.3 Å². The van der Waals surface area contributed by atoms with Crippen molar-refractivity contribution in [2.75, 3.05) is 14.2 Å². The normalized spacial score (nSPS) is 14.8. The van der Waals surface area contributed by atoms with E-state index in [9.17, 15) is 10.1 Å². The molecule has 4 rings (SSSR count). The summed E-state index contributed by atoms with van der Waals surface area (Å²) in [7, 11) is 3.18. The second-order valence-corrected chi connectivity index (χ2v) is 7.67. The predicted octanol–water partition coefficient (Wildman–Crippen LogP) is 3.03. The Labute approximate surface area is 191 Å². The Balaban J connectivity index is 1.76. The molecule has 0 unspecified atom stereocenters. The van der Waals surface area contributed by atoms with Crippen LogP contribution in [0.25, 0.3) is 0 Å². The molecule has 3 aromatic rings. The van der Waals surface area contributed by atoms with E-state index >= 15 is 0 Å². The molecule has 0 amide bonds. The lowest BCUT2D eigenvalue weighted by Crippen LogP contribution is -2.33. The number of ether oxygens (including phenoxy) is 3. The number of hydrogen-bond acceptors (Lipinski definition) is 7. The van der Waals surface area contributed by atoms with Crippen molar-refractivity contribution in [3.05, 3.63) is 93.0 Å². The molecule has 0 fully saturated rings. The molecule has 2 N–H and O–H groups in total. The zero-order valence-corrected chi connectivity index (χ0v) is 18.7. The van der Waals surface area contributed by atoms with Crippen molar-refractivity contribution in [2.24, 2.45) is 5.73 Å². The molecule has 3 heterocycles. The maximum atomic E-state index is 13.7. The number of nitrogens with two attached hydrogens (primary N) is 1. The van der Waals surface area contributed by atoms with E-state index in [1.807, 2.05) is 31.2 Å². The number of aromatic nitrogens is 2. The van der Waals surface area contributed by atoms with E-state index in [4.69, 9.17) is 19.9 Å². The lowest BCUT2D eigenvalue weighted by Gasteiger charge is -2.27. The highest BCUT2D eigenvalue weighted by atomic mass is 16.5. The number of nitriles is 1. The Kier molecular flexibility index (Phi) is 6.05. The van der Waals surface area contributed by atoms with Gasteiger partial charge in [-0.2, -0.15) is 5.26 Å². The summed E-state index contributed by atoms with van der Waals surface area (Å²) >= 11 is 0. The van der Waals surface area contributed by atoms with Crippen LogP contribution in [0.3, 0.4) is 0 Å². The van der Waals surface area contributed by atoms with Crippen LogP contribution in [-0.2, 0) is 13.0 Å². The van der Waals surface area contributed by atoms with Gasteiger partial charge in [0.2, 0.25) is 5.88 Å². The minimum atomic E-state index is -0.645. The fourth-order valence-electron chi connectivity index (χ4n) is 4.12. The summed E-state index contributed by atoms with van der Waals surface area (Å²) < 4.78 is 18.1. The second-order valence-electron chi connectivity index (χ2n) is 7.67. The van der Waals surface area contributed by atoms with E-state index in [1.165, 1.54) is 0 Å². The van der Waals surface area contributed by atoms with Crippen LogP contribution in [0, 0.1) is 18.3 Å². The van der Waals surface area contributed by atoms with Gasteiger partial charge in [0.1, 0.15) is 17.4 Å². The average molecular weight is 444 g/mol. The van der Waals surface area contributed by atoms with Crippen LogP contribution >= 0.6 is 0 Å². The quantitative estimate of drug-likeness (QED) is 0.622. The van der Waals surface area contributed by atoms with Crippen molar-refractivity contribution < 1.29 is 14.2 Å². The molecule has 8 nitrogen and oxygen atoms in total. The Morgan fingerprint density at radius 3 is 2.67 bits per heavy atom. The van der Waals surface area contributed by atoms with Crippen LogP contribution in [0.15, 0.2) is 65.0 Å². The minimum absolute atomic E-state index is 0.000677. The monoisotopic (exact) mass is 444 g/mol. The maximum Gasteiger partial charge on any atom is 0.258 e. The van der Waals surface area contributed by atoms with Crippen molar-refractivity contribution in [2.45, 2.75) is 25.8 Å². The van der Waals surface area contributed by atoms with Crippen molar-refractivity contribution in [3.63, 3.8) is 0 Å². The minimum Gasteiger partial charge on any atom is -0.493 e. The number of rotatable bonds is 6. The van der Waals surface area contributed by atoms with Gasteiger partial charge in [-0.3, -0.25) is 9.78 Å². The van der Waals surface area contributed by atoms with Crippen molar-refractivity contribution in [1.29, 1.82) is 5.26 Å². The molecule has 33 heavy (non-hydrogen) atoms. The SMILES string of the molecule is COc1ccc(CCn2c(C)cc3c(c2=O)[C@H](c2cccnc2)C(C#N)=C(N)O3)cc1OC. The van der Waals surface area contributed by atoms with Gasteiger partial charge in [0, 0.05) is 30.7 Å². The highest BCUT2D eigenvalue weighted by Gasteiger charge is 2.34. The van der Waals surface area contributed by atoms with E-state index in [-0.39, 0.29) is 17.0 Å². The summed E-state index contributed by atoms with van der Waals surface area (Å²) in [4.78, 5) is 17.8. The summed E-state index contributed by atoms with van der Waals surface area (Å²) in [6, 6.07) is 13.2. The predicted molar refractivity (Wildman–Crippen MR) is 122 cm³/mol. The van der Waals surface area contributed by atoms with Crippen LogP contribution in [0.2, 0.25) is 0 Å². The first kappa shape index (κ1) is 22.0. The third-order valence-electron chi connectivity index (χ3n) is 5.78. The summed E-state index contributed by atoms with van der Waals surface area (Å²) in [5, 5.41) is 9.76. The van der Waals surface area contributed by atoms with Gasteiger partial charge in [0.25, 0.3) is 5.56 Å². The van der Waals surface area contributed by atoms with Crippen LogP contribution in [0.4, 0.5) is 0 Å². The summed E-state index contributed by atoms with van der Waals surface area (Å²) in [6.45, 7) is 2.28. The highest BCUT2D eigenvalue weighted by molar-refractivity contribution is 5.54. The average Bonchev–Trinajstić information content (AvgIpc) is 2.83. The van der Waals surface area contributed by atoms with Gasteiger partial charge in [-0.05, 0) is 42.7 Å². The molecule has 0 radical (unpaired) electrons. The smallest absolute Gasteiger partial charge is 0.258 e. The molecule has 0 aliphatic carbocycles. The maximum absolute atomic E-state index is 13.7. The molecule has 8 heteroatoms. The summed E-state index contributed by atoms with van der Waals surface area (Å²) in [5.41, 5.74) is 8.83. The number of methoxy groups -OCH3 is 2. The number of nitrogens with zero attached hydrogens (tertiary/aromatic N) is 3. The topological polar surface area (TPSA) is 112 Å². The zero-order chi connectivity index (χ0) is 23.5. The highest BCUT2D eigenvalue weighted by Crippen LogP contribution is 2.40. The molecule has 168 valence electrons. The number of hydrogen-bond donors (Lipinski definition) is 1. The molecule has 1 atom stereocenters. The molecule has 1 aliphatic heterocycles. The molecule has 0 saturated heterocycles. The van der Waals surface area contributed by atoms with Gasteiger partial charge in [-0.1, -0.05) is 12.1 Å². The molecule has 0 bridgehead atoms. The van der Waals surface area contributed by atoms with E-state index in [1.54, 1.807) is 43.3 Å². The molecule has 0 saturated carbocycles. The third kappa shape index (κ3) is 4.01. The molecular formula is C25H24N4O4. The zero-order valence-electron chi connectivity index (χ0n) is 18.7. The number of allylic oxidation sites excluding steroid dienone is 1. The molecule has 0 spiro atoms. The van der Waals surface area contributed by atoms with Gasteiger partial charge in [-0.15, -0.1) is 0 Å². The van der Waals surface area contributed by atoms with E-state index in [2.05, 4.69) is 11.1 Å². The standard InChI is InChI=1S/C25H24N4O4/c1-15-11-21-23(22(17-5-4-9-28-14-17)18(13-26)24(27)33-21)25(30)29(15)10-8-16-6-7-19(31-2)20(12-16)32-3/h4-7,9,11-12,14,22H,8,10,27H2,1-3H3/t22-/m1/s1. The first-order valence-electron chi connectivity index (χ1n) is 10.4. The second kappa shape index (κ2) is 9.09. The van der Waals surface area contributed by atoms with Gasteiger partial charge < -0.3 is 24.5 Å². The van der Waals surface area contributed by atoms with Crippen LogP contribution in [-0.4, -0.2) is 23.8 Å². The first-order chi connectivity index (χ1) is 16.0. The Morgan fingerprint density at radius 2 is 2.00 bits per heavy atom. The van der Waals surface area contributed by atoms with E-state index < -0.39 is 5.92 Å². The number of aryl methyl sites for hydroxylation is 2. The molecule has 2 aromatic heterocycles.